The first-order valence-corrected chi connectivity index (χ1v) is 7.80. The lowest BCUT2D eigenvalue weighted by Gasteiger charge is -2.42. The number of nitrogens with one attached hydrogen (secondary N) is 1. The molecule has 3 heteroatoms. The van der Waals surface area contributed by atoms with Crippen LogP contribution in [0.15, 0.2) is 60.7 Å². The molecule has 2 aromatic carbocycles. The summed E-state index contributed by atoms with van der Waals surface area (Å²) < 4.78 is 15.9. The molecule has 1 aliphatic heterocycles. The number of likely N-dealkylation sites (tertiary alicyclic amines) is 1. The first-order valence-electron chi connectivity index (χ1n) is 8.80. The number of rotatable bonds is 5. The summed E-state index contributed by atoms with van der Waals surface area (Å²) in [5.41, 5.74) is 1.14. The summed E-state index contributed by atoms with van der Waals surface area (Å²) in [4.78, 5) is 2.31. The third kappa shape index (κ3) is 3.67. The SMILES string of the molecule is [2H]C([2H])(O)C1(Nc2ccccc2)CCN(Cc2ccccc2)CC1. The van der Waals surface area contributed by atoms with E-state index >= 15 is 0 Å². The van der Waals surface area contributed by atoms with E-state index in [1.165, 1.54) is 5.56 Å². The van der Waals surface area contributed by atoms with Gasteiger partial charge in [-0.2, -0.15) is 0 Å². The highest BCUT2D eigenvalue weighted by Crippen LogP contribution is 2.27. The van der Waals surface area contributed by atoms with E-state index in [0.29, 0.717) is 12.8 Å². The fraction of sp³-hybridized carbons (Fsp3) is 0.368. The lowest BCUT2D eigenvalue weighted by Crippen LogP contribution is -2.51. The first kappa shape index (κ1) is 12.7. The van der Waals surface area contributed by atoms with Crippen LogP contribution in [0.25, 0.3) is 0 Å². The van der Waals surface area contributed by atoms with E-state index in [4.69, 9.17) is 2.74 Å². The van der Waals surface area contributed by atoms with E-state index in [1.807, 2.05) is 48.5 Å². The zero-order valence-electron chi connectivity index (χ0n) is 14.7. The van der Waals surface area contributed by atoms with Gasteiger partial charge in [0.1, 0.15) is 0 Å². The van der Waals surface area contributed by atoms with Gasteiger partial charge in [0.05, 0.1) is 14.8 Å². The predicted octanol–water partition coefficient (Wildman–Crippen LogP) is 3.13. The molecule has 1 fully saturated rings. The van der Waals surface area contributed by atoms with Gasteiger partial charge < -0.3 is 10.4 Å². The first-order chi connectivity index (χ1) is 11.5. The van der Waals surface area contributed by atoms with Crippen molar-refractivity contribution in [1.29, 1.82) is 0 Å². The molecule has 0 radical (unpaired) electrons. The van der Waals surface area contributed by atoms with E-state index in [-0.39, 0.29) is 0 Å². The van der Waals surface area contributed by atoms with Crippen LogP contribution < -0.4 is 5.32 Å². The Bertz CT molecular complexity index is 635. The Morgan fingerprint density at radius 3 is 2.18 bits per heavy atom. The number of hydrogen-bond acceptors (Lipinski definition) is 3. The van der Waals surface area contributed by atoms with Crippen LogP contribution in [-0.4, -0.2) is 35.2 Å². The summed E-state index contributed by atoms with van der Waals surface area (Å²) in [6, 6.07) is 19.8. The van der Waals surface area contributed by atoms with Crippen LogP contribution in [0.1, 0.15) is 21.1 Å². The molecule has 2 N–H and O–H groups in total. The summed E-state index contributed by atoms with van der Waals surface area (Å²) in [5, 5.41) is 13.4. The zero-order chi connectivity index (χ0) is 17.0. The number of hydrogen-bond donors (Lipinski definition) is 2. The summed E-state index contributed by atoms with van der Waals surface area (Å²) in [7, 11) is 0. The summed E-state index contributed by atoms with van der Waals surface area (Å²) in [6.07, 6.45) is 1.11. The molecule has 0 atom stereocenters. The second kappa shape index (κ2) is 6.95. The van der Waals surface area contributed by atoms with Crippen LogP contribution in [0.2, 0.25) is 0 Å². The molecule has 2 aromatic rings. The van der Waals surface area contributed by atoms with Crippen LogP contribution >= 0.6 is 0 Å². The number of benzene rings is 2. The van der Waals surface area contributed by atoms with Gasteiger partial charge in [-0.1, -0.05) is 48.5 Å². The highest BCUT2D eigenvalue weighted by atomic mass is 16.3. The van der Waals surface area contributed by atoms with Gasteiger partial charge in [-0.05, 0) is 30.5 Å². The molecule has 0 saturated carbocycles. The van der Waals surface area contributed by atoms with Gasteiger partial charge in [0.2, 0.25) is 0 Å². The largest absolute Gasteiger partial charge is 0.394 e. The van der Waals surface area contributed by atoms with Crippen molar-refractivity contribution in [2.24, 2.45) is 0 Å². The monoisotopic (exact) mass is 298 g/mol. The van der Waals surface area contributed by atoms with Gasteiger partial charge in [-0.15, -0.1) is 0 Å². The minimum atomic E-state index is -2.28. The molecule has 1 saturated heterocycles. The van der Waals surface area contributed by atoms with Crippen molar-refractivity contribution in [2.45, 2.75) is 24.9 Å². The molecule has 0 amide bonds. The lowest BCUT2D eigenvalue weighted by molar-refractivity contribution is 0.115. The van der Waals surface area contributed by atoms with Gasteiger partial charge in [-0.25, -0.2) is 0 Å². The average molecular weight is 298 g/mol. The number of nitrogens with zero attached hydrogens (tertiary/aromatic N) is 1. The van der Waals surface area contributed by atoms with Gasteiger partial charge in [0.25, 0.3) is 0 Å². The quantitative estimate of drug-likeness (QED) is 0.890. The van der Waals surface area contributed by atoms with Crippen LogP contribution in [0.3, 0.4) is 0 Å². The molecule has 0 unspecified atom stereocenters. The van der Waals surface area contributed by atoms with Gasteiger partial charge in [0.15, 0.2) is 0 Å². The summed E-state index contributed by atoms with van der Waals surface area (Å²) in [5.74, 6) is 0. The smallest absolute Gasteiger partial charge is 0.0662 e. The Morgan fingerprint density at radius 2 is 1.59 bits per heavy atom. The van der Waals surface area contributed by atoms with Crippen LogP contribution in [0.4, 0.5) is 5.69 Å². The van der Waals surface area contributed by atoms with Crippen molar-refractivity contribution in [3.05, 3.63) is 66.2 Å². The van der Waals surface area contributed by atoms with E-state index in [9.17, 15) is 5.11 Å². The second-order valence-corrected chi connectivity index (χ2v) is 5.95. The normalized spacial score (nSPS) is 20.0. The number of para-hydroxylation sites is 1. The third-order valence-corrected chi connectivity index (χ3v) is 4.33. The van der Waals surface area contributed by atoms with Gasteiger partial charge in [-0.3, -0.25) is 4.90 Å². The van der Waals surface area contributed by atoms with Gasteiger partial charge >= 0.3 is 0 Å². The Kier molecular flexibility index (Phi) is 4.00. The minimum absolute atomic E-state index is 0.554. The predicted molar refractivity (Wildman–Crippen MR) is 90.8 cm³/mol. The number of piperidine rings is 1. The van der Waals surface area contributed by atoms with Crippen LogP contribution in [0, 0.1) is 0 Å². The zero-order valence-corrected chi connectivity index (χ0v) is 12.7. The Morgan fingerprint density at radius 1 is 1.00 bits per heavy atom. The molecule has 116 valence electrons. The van der Waals surface area contributed by atoms with E-state index in [1.54, 1.807) is 0 Å². The molecule has 0 bridgehead atoms. The van der Waals surface area contributed by atoms with Crippen molar-refractivity contribution >= 4 is 5.69 Å². The Hall–Kier alpha value is -1.84. The number of anilines is 1. The maximum Gasteiger partial charge on any atom is 0.0662 e. The molecular weight excluding hydrogens is 272 g/mol. The fourth-order valence-corrected chi connectivity index (χ4v) is 3.00. The van der Waals surface area contributed by atoms with E-state index < -0.39 is 12.1 Å². The maximum absolute atomic E-state index is 10.2. The highest BCUT2D eigenvalue weighted by molar-refractivity contribution is 5.45. The second-order valence-electron chi connectivity index (χ2n) is 5.95. The Labute approximate surface area is 135 Å². The molecule has 0 spiro atoms. The Balaban J connectivity index is 1.69. The number of aliphatic hydroxyl groups is 1. The maximum atomic E-state index is 10.2. The van der Waals surface area contributed by atoms with Crippen LogP contribution in [0.5, 0.6) is 0 Å². The molecule has 0 aliphatic carbocycles. The van der Waals surface area contributed by atoms with E-state index in [2.05, 4.69) is 22.3 Å². The van der Waals surface area contributed by atoms with Crippen LogP contribution in [-0.2, 0) is 6.54 Å². The van der Waals surface area contributed by atoms with Crippen molar-refractivity contribution in [1.82, 2.24) is 4.90 Å². The van der Waals surface area contributed by atoms with Crippen molar-refractivity contribution in [3.63, 3.8) is 0 Å². The molecule has 3 nitrogen and oxygen atoms in total. The molecule has 0 aromatic heterocycles. The molecule has 1 heterocycles. The average Bonchev–Trinajstić information content (AvgIpc) is 2.58. The van der Waals surface area contributed by atoms with Crippen molar-refractivity contribution < 1.29 is 7.85 Å². The third-order valence-electron chi connectivity index (χ3n) is 4.33. The fourth-order valence-electron chi connectivity index (χ4n) is 3.00. The molecule has 3 rings (SSSR count). The molecule has 22 heavy (non-hydrogen) atoms. The standard InChI is InChI=1S/C19H24N2O/c22-16-19(20-18-9-5-2-6-10-18)11-13-21(14-12-19)15-17-7-3-1-4-8-17/h1-10,20,22H,11-16H2/i16D2. The van der Waals surface area contributed by atoms with Crippen molar-refractivity contribution in [2.75, 3.05) is 25.0 Å². The van der Waals surface area contributed by atoms with E-state index in [0.717, 1.165) is 25.3 Å². The lowest BCUT2D eigenvalue weighted by atomic mass is 9.87. The molecule has 1 aliphatic rings. The van der Waals surface area contributed by atoms with Crippen molar-refractivity contribution in [3.8, 4) is 0 Å². The topological polar surface area (TPSA) is 35.5 Å². The highest BCUT2D eigenvalue weighted by Gasteiger charge is 2.33. The summed E-state index contributed by atoms with van der Waals surface area (Å²) >= 11 is 0. The van der Waals surface area contributed by atoms with Gasteiger partial charge in [0, 0.05) is 25.3 Å². The molecular formula is C19H24N2O. The summed E-state index contributed by atoms with van der Waals surface area (Å²) in [6.45, 7) is 0.0714. The minimum Gasteiger partial charge on any atom is -0.394 e.